The second kappa shape index (κ2) is 11.1. The molecule has 1 aliphatic rings. The molecule has 1 amide bonds. The Balaban J connectivity index is 1.61. The number of hydrogen-bond acceptors (Lipinski definition) is 4. The SMILES string of the molecule is CN(Cc1ccc(C(F)(F)F)c(F)c1)C1CN(C(=O)c2ccc(S(C)(=O)=O)cc2)CC1c1ccc(Cl)c(Cl)c1. The van der Waals surface area contributed by atoms with Gasteiger partial charge in [-0.2, -0.15) is 13.2 Å². The van der Waals surface area contributed by atoms with Crippen LogP contribution in [0.3, 0.4) is 0 Å². The first-order valence-corrected chi connectivity index (χ1v) is 14.4. The molecule has 1 aliphatic heterocycles. The highest BCUT2D eigenvalue weighted by Gasteiger charge is 2.39. The van der Waals surface area contributed by atoms with Crippen LogP contribution in [0, 0.1) is 5.82 Å². The zero-order valence-electron chi connectivity index (χ0n) is 20.8. The first-order chi connectivity index (χ1) is 18.1. The second-order valence-electron chi connectivity index (χ2n) is 9.58. The number of rotatable bonds is 6. The fraction of sp³-hybridized carbons (Fsp3) is 0.296. The second-order valence-corrected chi connectivity index (χ2v) is 12.4. The summed E-state index contributed by atoms with van der Waals surface area (Å²) >= 11 is 12.3. The highest BCUT2D eigenvalue weighted by atomic mass is 35.5. The van der Waals surface area contributed by atoms with Crippen molar-refractivity contribution >= 4 is 38.9 Å². The average Bonchev–Trinajstić information content (AvgIpc) is 3.30. The molecule has 3 aromatic carbocycles. The van der Waals surface area contributed by atoms with Crippen LogP contribution < -0.4 is 0 Å². The molecule has 1 saturated heterocycles. The van der Waals surface area contributed by atoms with Gasteiger partial charge >= 0.3 is 6.18 Å². The zero-order valence-corrected chi connectivity index (χ0v) is 23.2. The van der Waals surface area contributed by atoms with Crippen LogP contribution in [0.15, 0.2) is 65.6 Å². The lowest BCUT2D eigenvalue weighted by Crippen LogP contribution is -2.38. The molecule has 5 nitrogen and oxygen atoms in total. The van der Waals surface area contributed by atoms with Gasteiger partial charge in [-0.1, -0.05) is 35.3 Å². The topological polar surface area (TPSA) is 57.7 Å². The molecular weight excluding hydrogens is 579 g/mol. The molecule has 3 aromatic rings. The molecule has 0 aromatic heterocycles. The molecule has 1 fully saturated rings. The molecule has 0 N–H and O–H groups in total. The molecule has 2 unspecified atom stereocenters. The van der Waals surface area contributed by atoms with Gasteiger partial charge in [-0.25, -0.2) is 12.8 Å². The van der Waals surface area contributed by atoms with Crippen molar-refractivity contribution in [2.75, 3.05) is 26.4 Å². The van der Waals surface area contributed by atoms with Gasteiger partial charge in [0.15, 0.2) is 9.84 Å². The summed E-state index contributed by atoms with van der Waals surface area (Å²) in [6.45, 7) is 0.681. The van der Waals surface area contributed by atoms with Crippen molar-refractivity contribution in [2.24, 2.45) is 0 Å². The molecular formula is C27H24Cl2F4N2O3S. The van der Waals surface area contributed by atoms with Crippen LogP contribution in [0.4, 0.5) is 17.6 Å². The lowest BCUT2D eigenvalue weighted by Gasteiger charge is -2.29. The number of alkyl halides is 3. The lowest BCUT2D eigenvalue weighted by molar-refractivity contribution is -0.140. The fourth-order valence-electron chi connectivity index (χ4n) is 4.79. The molecule has 12 heteroatoms. The first kappa shape index (κ1) is 29.3. The van der Waals surface area contributed by atoms with E-state index in [1.807, 2.05) is 4.90 Å². The van der Waals surface area contributed by atoms with Crippen molar-refractivity contribution in [2.45, 2.75) is 29.6 Å². The normalized spacial score (nSPS) is 18.1. The maximum atomic E-state index is 14.2. The number of likely N-dealkylation sites (N-methyl/N-ethyl adjacent to an activating group) is 1. The summed E-state index contributed by atoms with van der Waals surface area (Å²) < 4.78 is 76.7. The van der Waals surface area contributed by atoms with E-state index in [-0.39, 0.29) is 35.9 Å². The zero-order chi connectivity index (χ0) is 28.7. The minimum atomic E-state index is -4.79. The van der Waals surface area contributed by atoms with Gasteiger partial charge in [0.2, 0.25) is 0 Å². The molecule has 0 radical (unpaired) electrons. The van der Waals surface area contributed by atoms with Crippen molar-refractivity contribution in [3.05, 3.63) is 98.8 Å². The van der Waals surface area contributed by atoms with Crippen molar-refractivity contribution in [3.8, 4) is 0 Å². The Labute approximate surface area is 233 Å². The van der Waals surface area contributed by atoms with Gasteiger partial charge in [0, 0.05) is 43.4 Å². The number of carbonyl (C=O) groups excluding carboxylic acids is 1. The van der Waals surface area contributed by atoms with E-state index in [2.05, 4.69) is 0 Å². The monoisotopic (exact) mass is 602 g/mol. The molecule has 208 valence electrons. The molecule has 1 heterocycles. The number of likely N-dealkylation sites (tertiary alicyclic amines) is 1. The number of nitrogens with zero attached hydrogens (tertiary/aromatic N) is 2. The third kappa shape index (κ3) is 6.57. The van der Waals surface area contributed by atoms with Crippen LogP contribution in [-0.4, -0.2) is 56.6 Å². The number of sulfone groups is 1. The summed E-state index contributed by atoms with van der Waals surface area (Å²) in [5.41, 5.74) is 0.130. The standard InChI is InChI=1S/C27H24Cl2F4N2O3S/c1-34(13-16-3-9-21(24(30)11-16)27(31,32)33)25-15-35(14-20(25)18-6-10-22(28)23(29)12-18)26(36)17-4-7-19(8-5-17)39(2,37)38/h3-12,20,25H,13-15H2,1-2H3. The Morgan fingerprint density at radius 3 is 2.23 bits per heavy atom. The predicted molar refractivity (Wildman–Crippen MR) is 141 cm³/mol. The quantitative estimate of drug-likeness (QED) is 0.311. The Hall–Kier alpha value is -2.66. The maximum Gasteiger partial charge on any atom is 0.419 e. The Bertz CT molecular complexity index is 1500. The summed E-state index contributed by atoms with van der Waals surface area (Å²) in [6.07, 6.45) is -3.71. The van der Waals surface area contributed by atoms with E-state index in [4.69, 9.17) is 23.2 Å². The van der Waals surface area contributed by atoms with Gasteiger partial charge in [-0.15, -0.1) is 0 Å². The first-order valence-electron chi connectivity index (χ1n) is 11.8. The van der Waals surface area contributed by atoms with Gasteiger partial charge in [-0.3, -0.25) is 9.69 Å². The van der Waals surface area contributed by atoms with Crippen LogP contribution in [0.1, 0.15) is 33.0 Å². The van der Waals surface area contributed by atoms with Crippen LogP contribution in [0.2, 0.25) is 10.0 Å². The van der Waals surface area contributed by atoms with E-state index in [1.54, 1.807) is 30.1 Å². The van der Waals surface area contributed by atoms with Crippen molar-refractivity contribution < 1.29 is 30.8 Å². The largest absolute Gasteiger partial charge is 0.419 e. The molecule has 39 heavy (non-hydrogen) atoms. The van der Waals surface area contributed by atoms with Crippen molar-refractivity contribution in [1.82, 2.24) is 9.80 Å². The average molecular weight is 603 g/mol. The van der Waals surface area contributed by atoms with Gasteiger partial charge < -0.3 is 4.90 Å². The van der Waals surface area contributed by atoms with Gasteiger partial charge in [0.25, 0.3) is 5.91 Å². The molecule has 0 spiro atoms. The summed E-state index contributed by atoms with van der Waals surface area (Å²) in [5, 5.41) is 0.698. The van der Waals surface area contributed by atoms with Crippen LogP contribution >= 0.6 is 23.2 Å². The van der Waals surface area contributed by atoms with E-state index >= 15 is 0 Å². The summed E-state index contributed by atoms with van der Waals surface area (Å²) in [6, 6.07) is 13.3. The smallest absolute Gasteiger partial charge is 0.336 e. The minimum absolute atomic E-state index is 0.0931. The Morgan fingerprint density at radius 2 is 1.67 bits per heavy atom. The fourth-order valence-corrected chi connectivity index (χ4v) is 5.73. The molecule has 0 bridgehead atoms. The summed E-state index contributed by atoms with van der Waals surface area (Å²) in [4.78, 5) is 16.9. The number of halogens is 6. The molecule has 4 rings (SSSR count). The van der Waals surface area contributed by atoms with E-state index in [0.717, 1.165) is 24.0 Å². The van der Waals surface area contributed by atoms with Crippen LogP contribution in [-0.2, 0) is 22.6 Å². The third-order valence-electron chi connectivity index (χ3n) is 6.81. The lowest BCUT2D eigenvalue weighted by atomic mass is 9.93. The molecule has 0 aliphatic carbocycles. The summed E-state index contributed by atoms with van der Waals surface area (Å²) in [7, 11) is -1.67. The van der Waals surface area contributed by atoms with E-state index < -0.39 is 27.4 Å². The van der Waals surface area contributed by atoms with E-state index in [1.165, 1.54) is 30.3 Å². The maximum absolute atomic E-state index is 14.2. The van der Waals surface area contributed by atoms with Gasteiger partial charge in [-0.05, 0) is 66.7 Å². The summed E-state index contributed by atoms with van der Waals surface area (Å²) in [5.74, 6) is -1.91. The number of hydrogen-bond donors (Lipinski definition) is 0. The predicted octanol–water partition coefficient (Wildman–Crippen LogP) is 6.30. The molecule has 2 atom stereocenters. The van der Waals surface area contributed by atoms with E-state index in [9.17, 15) is 30.8 Å². The third-order valence-corrected chi connectivity index (χ3v) is 8.68. The highest BCUT2D eigenvalue weighted by Crippen LogP contribution is 2.36. The highest BCUT2D eigenvalue weighted by molar-refractivity contribution is 7.90. The number of amides is 1. The van der Waals surface area contributed by atoms with E-state index in [0.29, 0.717) is 27.7 Å². The number of carbonyl (C=O) groups is 1. The Kier molecular flexibility index (Phi) is 8.33. The van der Waals surface area contributed by atoms with Crippen molar-refractivity contribution in [1.29, 1.82) is 0 Å². The van der Waals surface area contributed by atoms with Crippen LogP contribution in [0.5, 0.6) is 0 Å². The molecule has 0 saturated carbocycles. The van der Waals surface area contributed by atoms with Gasteiger partial charge in [0.1, 0.15) is 5.82 Å². The van der Waals surface area contributed by atoms with Crippen molar-refractivity contribution in [3.63, 3.8) is 0 Å². The Morgan fingerprint density at radius 1 is 1.00 bits per heavy atom. The van der Waals surface area contributed by atoms with Gasteiger partial charge in [0.05, 0.1) is 20.5 Å². The van der Waals surface area contributed by atoms with Crippen LogP contribution in [0.25, 0.3) is 0 Å². The minimum Gasteiger partial charge on any atom is -0.336 e. The number of benzene rings is 3.